The molecule has 0 aromatic heterocycles. The van der Waals surface area contributed by atoms with E-state index < -0.39 is 23.8 Å². The lowest BCUT2D eigenvalue weighted by Crippen LogP contribution is -2.47. The Morgan fingerprint density at radius 2 is 1.91 bits per heavy atom. The maximum absolute atomic E-state index is 12.8. The Bertz CT molecular complexity index is 367. The number of alkyl carbamates (subject to hydrolysis) is 1. The van der Waals surface area contributed by atoms with E-state index in [1.807, 2.05) is 6.92 Å². The van der Waals surface area contributed by atoms with Gasteiger partial charge in [-0.3, -0.25) is 0 Å². The normalized spacial score (nSPS) is 24.7. The molecule has 7 heteroatoms. The molecule has 0 radical (unpaired) electrons. The third kappa shape index (κ3) is 7.33. The molecule has 22 heavy (non-hydrogen) atoms. The molecule has 0 bridgehead atoms. The fourth-order valence-corrected chi connectivity index (χ4v) is 2.65. The van der Waals surface area contributed by atoms with Crippen molar-refractivity contribution in [1.29, 1.82) is 0 Å². The van der Waals surface area contributed by atoms with Gasteiger partial charge in [-0.05, 0) is 47.0 Å². The fourth-order valence-electron chi connectivity index (χ4n) is 2.65. The molecular weight excluding hydrogens is 297 g/mol. The van der Waals surface area contributed by atoms with Crippen LogP contribution in [0, 0.1) is 5.92 Å². The van der Waals surface area contributed by atoms with Crippen molar-refractivity contribution in [3.8, 4) is 0 Å². The molecule has 1 saturated carbocycles. The second kappa shape index (κ2) is 7.53. The summed E-state index contributed by atoms with van der Waals surface area (Å²) in [7, 11) is 0. The van der Waals surface area contributed by atoms with Crippen LogP contribution in [-0.4, -0.2) is 36.5 Å². The summed E-state index contributed by atoms with van der Waals surface area (Å²) >= 11 is 0. The second-order valence-electron chi connectivity index (χ2n) is 7.05. The minimum absolute atomic E-state index is 0.107. The molecule has 0 heterocycles. The molecule has 130 valence electrons. The molecule has 0 spiro atoms. The molecule has 1 rings (SSSR count). The lowest BCUT2D eigenvalue weighted by Gasteiger charge is -2.33. The summed E-state index contributed by atoms with van der Waals surface area (Å²) in [5.41, 5.74) is -0.565. The number of carbonyl (C=O) groups excluding carboxylic acids is 1. The lowest BCUT2D eigenvalue weighted by molar-refractivity contribution is -0.183. The van der Waals surface area contributed by atoms with Gasteiger partial charge in [-0.1, -0.05) is 6.42 Å². The monoisotopic (exact) mass is 324 g/mol. The number of amides is 1. The molecule has 2 N–H and O–H groups in total. The summed E-state index contributed by atoms with van der Waals surface area (Å²) < 4.78 is 43.4. The molecule has 0 aromatic carbocycles. The second-order valence-corrected chi connectivity index (χ2v) is 7.05. The van der Waals surface area contributed by atoms with E-state index in [9.17, 15) is 18.0 Å². The predicted molar refractivity (Wildman–Crippen MR) is 78.6 cm³/mol. The van der Waals surface area contributed by atoms with Crippen molar-refractivity contribution in [3.63, 3.8) is 0 Å². The van der Waals surface area contributed by atoms with Gasteiger partial charge >= 0.3 is 12.3 Å². The van der Waals surface area contributed by atoms with Gasteiger partial charge in [0, 0.05) is 18.6 Å². The summed E-state index contributed by atoms with van der Waals surface area (Å²) in [6, 6.07) is -0.264. The van der Waals surface area contributed by atoms with Gasteiger partial charge < -0.3 is 15.4 Å². The highest BCUT2D eigenvalue weighted by molar-refractivity contribution is 5.67. The zero-order chi connectivity index (χ0) is 17.0. The molecule has 1 fully saturated rings. The van der Waals surface area contributed by atoms with Gasteiger partial charge in [0.15, 0.2) is 0 Å². The Balaban J connectivity index is 2.33. The van der Waals surface area contributed by atoms with Crippen LogP contribution in [0.15, 0.2) is 0 Å². The molecule has 1 aliphatic rings. The number of halogens is 3. The molecule has 3 atom stereocenters. The van der Waals surface area contributed by atoms with Crippen LogP contribution in [0.5, 0.6) is 0 Å². The third-order valence-electron chi connectivity index (χ3n) is 3.61. The van der Waals surface area contributed by atoms with E-state index in [-0.39, 0.29) is 24.9 Å². The molecule has 0 aliphatic heterocycles. The molecule has 3 unspecified atom stereocenters. The van der Waals surface area contributed by atoms with Crippen molar-refractivity contribution in [2.75, 3.05) is 6.54 Å². The van der Waals surface area contributed by atoms with Crippen molar-refractivity contribution in [2.45, 2.75) is 77.2 Å². The highest BCUT2D eigenvalue weighted by Crippen LogP contribution is 2.37. The third-order valence-corrected chi connectivity index (χ3v) is 3.61. The quantitative estimate of drug-likeness (QED) is 0.830. The number of rotatable bonds is 4. The fraction of sp³-hybridized carbons (Fsp3) is 0.933. The predicted octanol–water partition coefficient (Wildman–Crippen LogP) is 3.61. The van der Waals surface area contributed by atoms with Crippen LogP contribution in [0.3, 0.4) is 0 Å². The largest absolute Gasteiger partial charge is 0.444 e. The Labute approximate surface area is 130 Å². The first kappa shape index (κ1) is 19.1. The van der Waals surface area contributed by atoms with Crippen molar-refractivity contribution < 1.29 is 22.7 Å². The summed E-state index contributed by atoms with van der Waals surface area (Å²) in [6.45, 7) is 7.48. The average Bonchev–Trinajstić information content (AvgIpc) is 2.34. The zero-order valence-electron chi connectivity index (χ0n) is 13.7. The summed E-state index contributed by atoms with van der Waals surface area (Å²) in [5.74, 6) is -1.22. The number of alkyl halides is 3. The minimum atomic E-state index is -4.11. The smallest absolute Gasteiger partial charge is 0.407 e. The van der Waals surface area contributed by atoms with E-state index in [0.717, 1.165) is 6.42 Å². The highest BCUT2D eigenvalue weighted by atomic mass is 19.4. The van der Waals surface area contributed by atoms with E-state index in [1.165, 1.54) is 0 Å². The van der Waals surface area contributed by atoms with Gasteiger partial charge in [0.25, 0.3) is 0 Å². The molecular formula is C15H27F3N2O2. The van der Waals surface area contributed by atoms with Crippen molar-refractivity contribution in [3.05, 3.63) is 0 Å². The average molecular weight is 324 g/mol. The minimum Gasteiger partial charge on any atom is -0.444 e. The Morgan fingerprint density at radius 3 is 2.45 bits per heavy atom. The van der Waals surface area contributed by atoms with Gasteiger partial charge in [-0.15, -0.1) is 0 Å². The Kier molecular flexibility index (Phi) is 6.52. The van der Waals surface area contributed by atoms with Gasteiger partial charge in [-0.2, -0.15) is 13.2 Å². The van der Waals surface area contributed by atoms with Gasteiger partial charge in [0.1, 0.15) is 5.60 Å². The maximum atomic E-state index is 12.8. The number of hydrogen-bond acceptors (Lipinski definition) is 3. The van der Waals surface area contributed by atoms with Gasteiger partial charge in [0.2, 0.25) is 0 Å². The van der Waals surface area contributed by atoms with E-state index in [1.54, 1.807) is 20.8 Å². The lowest BCUT2D eigenvalue weighted by atomic mass is 9.85. The first-order valence-electron chi connectivity index (χ1n) is 7.77. The van der Waals surface area contributed by atoms with E-state index in [0.29, 0.717) is 13.0 Å². The van der Waals surface area contributed by atoms with Crippen molar-refractivity contribution in [2.24, 2.45) is 5.92 Å². The van der Waals surface area contributed by atoms with E-state index in [4.69, 9.17) is 4.74 Å². The van der Waals surface area contributed by atoms with E-state index in [2.05, 4.69) is 10.6 Å². The molecule has 1 aliphatic carbocycles. The molecule has 0 saturated heterocycles. The number of hydrogen-bond donors (Lipinski definition) is 2. The Morgan fingerprint density at radius 1 is 1.27 bits per heavy atom. The van der Waals surface area contributed by atoms with Gasteiger partial charge in [0.05, 0.1) is 5.92 Å². The van der Waals surface area contributed by atoms with Crippen molar-refractivity contribution >= 4 is 6.09 Å². The molecule has 4 nitrogen and oxygen atoms in total. The topological polar surface area (TPSA) is 50.4 Å². The molecule has 1 amide bonds. The van der Waals surface area contributed by atoms with Crippen molar-refractivity contribution in [1.82, 2.24) is 10.6 Å². The van der Waals surface area contributed by atoms with Crippen LogP contribution in [0.25, 0.3) is 0 Å². The molecule has 0 aromatic rings. The first-order valence-corrected chi connectivity index (χ1v) is 7.77. The maximum Gasteiger partial charge on any atom is 0.407 e. The SMILES string of the molecule is CC(CNC(=O)OC(C)(C)C)NC1CCCC(C(F)(F)F)C1. The van der Waals surface area contributed by atoms with Crippen LogP contribution in [0.4, 0.5) is 18.0 Å². The van der Waals surface area contributed by atoms with Crippen LogP contribution in [0.2, 0.25) is 0 Å². The van der Waals surface area contributed by atoms with Crippen LogP contribution >= 0.6 is 0 Å². The van der Waals surface area contributed by atoms with Crippen LogP contribution in [0.1, 0.15) is 53.4 Å². The van der Waals surface area contributed by atoms with E-state index >= 15 is 0 Å². The first-order chi connectivity index (χ1) is 9.97. The summed E-state index contributed by atoms with van der Waals surface area (Å²) in [4.78, 5) is 11.5. The van der Waals surface area contributed by atoms with Gasteiger partial charge in [-0.25, -0.2) is 4.79 Å². The summed E-state index contributed by atoms with van der Waals surface area (Å²) in [6.07, 6.45) is -2.99. The number of carbonyl (C=O) groups is 1. The van der Waals surface area contributed by atoms with Crippen LogP contribution < -0.4 is 10.6 Å². The standard InChI is InChI=1S/C15H27F3N2O2/c1-10(9-19-13(21)22-14(2,3)4)20-12-7-5-6-11(8-12)15(16,17)18/h10-12,20H,5-9H2,1-4H3,(H,19,21). The van der Waals surface area contributed by atoms with Crippen LogP contribution in [-0.2, 0) is 4.74 Å². The summed E-state index contributed by atoms with van der Waals surface area (Å²) in [5, 5.41) is 5.79. The highest BCUT2D eigenvalue weighted by Gasteiger charge is 2.42. The number of nitrogens with one attached hydrogen (secondary N) is 2. The zero-order valence-corrected chi connectivity index (χ0v) is 13.7. The number of ether oxygens (including phenoxy) is 1. The Hall–Kier alpha value is -0.980.